The molecule has 6 nitrogen and oxygen atoms in total. The lowest BCUT2D eigenvalue weighted by atomic mass is 9.88. The molecule has 1 heterocycles. The first-order chi connectivity index (χ1) is 12.1. The van der Waals surface area contributed by atoms with Gasteiger partial charge in [0.25, 0.3) is 0 Å². The monoisotopic (exact) mass is 364 g/mol. The van der Waals surface area contributed by atoms with Crippen LogP contribution in [0.3, 0.4) is 0 Å². The Morgan fingerprint density at radius 3 is 2.80 bits per heavy atom. The van der Waals surface area contributed by atoms with Gasteiger partial charge < -0.3 is 20.1 Å². The first-order valence-electron chi connectivity index (χ1n) is 8.22. The van der Waals surface area contributed by atoms with Gasteiger partial charge >= 0.3 is 12.0 Å². The second-order valence-electron chi connectivity index (χ2n) is 5.63. The van der Waals surface area contributed by atoms with Crippen LogP contribution < -0.4 is 15.4 Å². The van der Waals surface area contributed by atoms with Gasteiger partial charge in [-0.1, -0.05) is 31.7 Å². The standard InChI is InChI=1S/C18H24N2O4S/c1-4-9-23-14-8-6-5-7-13(14)16-15(12(2)19-18(22)20-16)17(21)24-10-11-25-3/h5-8,15-16H,2,4,9-11H2,1,3H3,(H2,19,20,22)/t15-,16-/m0/s1. The van der Waals surface area contributed by atoms with Gasteiger partial charge in [0.2, 0.25) is 0 Å². The zero-order chi connectivity index (χ0) is 18.2. The number of amides is 2. The first kappa shape index (κ1) is 19.2. The van der Waals surface area contributed by atoms with E-state index < -0.39 is 24.0 Å². The van der Waals surface area contributed by atoms with Gasteiger partial charge in [0, 0.05) is 17.0 Å². The number of esters is 1. The fraction of sp³-hybridized carbons (Fsp3) is 0.444. The summed E-state index contributed by atoms with van der Waals surface area (Å²) in [6.45, 7) is 6.73. The molecule has 2 N–H and O–H groups in total. The number of thioether (sulfide) groups is 1. The molecule has 1 aliphatic rings. The average molecular weight is 364 g/mol. The number of carbonyl (C=O) groups is 2. The average Bonchev–Trinajstić information content (AvgIpc) is 2.59. The highest BCUT2D eigenvalue weighted by molar-refractivity contribution is 7.98. The lowest BCUT2D eigenvalue weighted by molar-refractivity contribution is -0.147. The Kier molecular flexibility index (Phi) is 7.18. The summed E-state index contributed by atoms with van der Waals surface area (Å²) < 4.78 is 11.1. The van der Waals surface area contributed by atoms with Gasteiger partial charge in [0.05, 0.1) is 12.6 Å². The summed E-state index contributed by atoms with van der Waals surface area (Å²) in [5.41, 5.74) is 1.06. The largest absolute Gasteiger partial charge is 0.493 e. The summed E-state index contributed by atoms with van der Waals surface area (Å²) in [6, 6.07) is 6.40. The van der Waals surface area contributed by atoms with Gasteiger partial charge in [-0.15, -0.1) is 0 Å². The first-order valence-corrected chi connectivity index (χ1v) is 9.61. The molecule has 0 aromatic heterocycles. The van der Waals surface area contributed by atoms with Crippen molar-refractivity contribution in [2.45, 2.75) is 19.4 Å². The summed E-state index contributed by atoms with van der Waals surface area (Å²) in [5, 5.41) is 5.38. The maximum atomic E-state index is 12.6. The van der Waals surface area contributed by atoms with Gasteiger partial charge in [-0.3, -0.25) is 4.79 Å². The van der Waals surface area contributed by atoms with Crippen LogP contribution in [0, 0.1) is 5.92 Å². The van der Waals surface area contributed by atoms with Crippen LogP contribution in [-0.2, 0) is 9.53 Å². The van der Waals surface area contributed by atoms with Gasteiger partial charge in [-0.25, -0.2) is 4.79 Å². The second kappa shape index (κ2) is 9.36. The number of benzene rings is 1. The van der Waals surface area contributed by atoms with Crippen LogP contribution in [0.4, 0.5) is 4.79 Å². The normalized spacial score (nSPS) is 19.8. The number of para-hydroxylation sites is 1. The Bertz CT molecular complexity index is 635. The lowest BCUT2D eigenvalue weighted by Gasteiger charge is -2.34. The highest BCUT2D eigenvalue weighted by atomic mass is 32.2. The number of ether oxygens (including phenoxy) is 2. The molecule has 1 fully saturated rings. The van der Waals surface area contributed by atoms with Crippen molar-refractivity contribution in [2.24, 2.45) is 5.92 Å². The van der Waals surface area contributed by atoms with E-state index in [0.29, 0.717) is 30.4 Å². The van der Waals surface area contributed by atoms with E-state index in [4.69, 9.17) is 9.47 Å². The Labute approximate surface area is 152 Å². The van der Waals surface area contributed by atoms with Crippen molar-refractivity contribution in [3.05, 3.63) is 42.1 Å². The van der Waals surface area contributed by atoms with E-state index >= 15 is 0 Å². The fourth-order valence-electron chi connectivity index (χ4n) is 2.62. The van der Waals surface area contributed by atoms with E-state index in [1.54, 1.807) is 11.8 Å². The minimum Gasteiger partial charge on any atom is -0.493 e. The molecule has 1 saturated heterocycles. The van der Waals surface area contributed by atoms with E-state index in [1.807, 2.05) is 37.4 Å². The van der Waals surface area contributed by atoms with Crippen LogP contribution in [0.5, 0.6) is 5.75 Å². The number of carbonyl (C=O) groups excluding carboxylic acids is 2. The van der Waals surface area contributed by atoms with Gasteiger partial charge in [-0.2, -0.15) is 11.8 Å². The molecule has 0 saturated carbocycles. The van der Waals surface area contributed by atoms with Crippen molar-refractivity contribution in [3.63, 3.8) is 0 Å². The lowest BCUT2D eigenvalue weighted by Crippen LogP contribution is -2.51. The van der Waals surface area contributed by atoms with E-state index in [0.717, 1.165) is 12.0 Å². The van der Waals surface area contributed by atoms with Crippen molar-refractivity contribution >= 4 is 23.8 Å². The molecule has 1 aromatic rings. The number of rotatable bonds is 8. The van der Waals surface area contributed by atoms with E-state index in [-0.39, 0.29) is 0 Å². The molecule has 1 aliphatic heterocycles. The smallest absolute Gasteiger partial charge is 0.319 e. The SMILES string of the molecule is C=C1NC(=O)N[C@@H](c2ccccc2OCCC)[C@H]1C(=O)OCCSC. The maximum absolute atomic E-state index is 12.6. The molecule has 2 atom stereocenters. The van der Waals surface area contributed by atoms with Crippen LogP contribution in [0.15, 0.2) is 36.5 Å². The highest BCUT2D eigenvalue weighted by Crippen LogP contribution is 2.35. The molecule has 7 heteroatoms. The molecule has 136 valence electrons. The number of urea groups is 1. The van der Waals surface area contributed by atoms with Crippen molar-refractivity contribution in [3.8, 4) is 5.75 Å². The summed E-state index contributed by atoms with van der Waals surface area (Å²) in [5.74, 6) is 0.227. The van der Waals surface area contributed by atoms with E-state index in [9.17, 15) is 9.59 Å². The molecular formula is C18H24N2O4S. The summed E-state index contributed by atoms with van der Waals surface area (Å²) in [7, 11) is 0. The number of hydrogen-bond donors (Lipinski definition) is 2. The van der Waals surface area contributed by atoms with Crippen molar-refractivity contribution < 1.29 is 19.1 Å². The van der Waals surface area contributed by atoms with Crippen LogP contribution in [0.2, 0.25) is 0 Å². The minimum absolute atomic E-state index is 0.318. The molecular weight excluding hydrogens is 340 g/mol. The van der Waals surface area contributed by atoms with Crippen LogP contribution in [0.25, 0.3) is 0 Å². The third-order valence-corrected chi connectivity index (χ3v) is 4.35. The molecule has 0 spiro atoms. The van der Waals surface area contributed by atoms with Crippen molar-refractivity contribution in [1.29, 1.82) is 0 Å². The molecule has 0 aliphatic carbocycles. The third kappa shape index (κ3) is 4.92. The van der Waals surface area contributed by atoms with Crippen molar-refractivity contribution in [2.75, 3.05) is 25.2 Å². The predicted octanol–water partition coefficient (Wildman–Crippen LogP) is 2.87. The fourth-order valence-corrected chi connectivity index (χ4v) is 2.87. The molecule has 2 amide bonds. The van der Waals surface area contributed by atoms with Gasteiger partial charge in [-0.05, 0) is 18.7 Å². The van der Waals surface area contributed by atoms with Crippen LogP contribution in [0.1, 0.15) is 24.9 Å². The van der Waals surface area contributed by atoms with Gasteiger partial charge in [0.15, 0.2) is 0 Å². The topological polar surface area (TPSA) is 76.7 Å². The quantitative estimate of drug-likeness (QED) is 0.548. The number of hydrogen-bond acceptors (Lipinski definition) is 5. The molecule has 0 unspecified atom stereocenters. The van der Waals surface area contributed by atoms with Gasteiger partial charge in [0.1, 0.15) is 18.3 Å². The Balaban J connectivity index is 2.29. The molecule has 0 bridgehead atoms. The van der Waals surface area contributed by atoms with E-state index in [2.05, 4.69) is 17.2 Å². The molecule has 0 radical (unpaired) electrons. The third-order valence-electron chi connectivity index (χ3n) is 3.77. The van der Waals surface area contributed by atoms with Crippen LogP contribution in [-0.4, -0.2) is 37.2 Å². The molecule has 1 aromatic carbocycles. The minimum atomic E-state index is -0.717. The maximum Gasteiger partial charge on any atom is 0.319 e. The van der Waals surface area contributed by atoms with E-state index in [1.165, 1.54) is 0 Å². The summed E-state index contributed by atoms with van der Waals surface area (Å²) >= 11 is 1.60. The summed E-state index contributed by atoms with van der Waals surface area (Å²) in [4.78, 5) is 24.5. The van der Waals surface area contributed by atoms with Crippen molar-refractivity contribution in [1.82, 2.24) is 10.6 Å². The summed E-state index contributed by atoms with van der Waals surface area (Å²) in [6.07, 6.45) is 2.80. The second-order valence-corrected chi connectivity index (χ2v) is 6.61. The Hall–Kier alpha value is -2.15. The molecule has 2 rings (SSSR count). The zero-order valence-electron chi connectivity index (χ0n) is 14.5. The predicted molar refractivity (Wildman–Crippen MR) is 98.6 cm³/mol. The Morgan fingerprint density at radius 1 is 1.32 bits per heavy atom. The Morgan fingerprint density at radius 2 is 2.08 bits per heavy atom. The zero-order valence-corrected chi connectivity index (χ0v) is 15.4. The highest BCUT2D eigenvalue weighted by Gasteiger charge is 2.40. The van der Waals surface area contributed by atoms with Crippen LogP contribution >= 0.6 is 11.8 Å². The number of nitrogens with one attached hydrogen (secondary N) is 2. The molecule has 25 heavy (non-hydrogen) atoms.